The molecule has 9 N–H and O–H groups in total. The second-order valence-electron chi connectivity index (χ2n) is 42.7. The lowest BCUT2D eigenvalue weighted by atomic mass is 9.83. The van der Waals surface area contributed by atoms with Crippen molar-refractivity contribution in [3.63, 3.8) is 0 Å². The lowest BCUT2D eigenvalue weighted by Crippen LogP contribution is -2.42. The van der Waals surface area contributed by atoms with Gasteiger partial charge >= 0.3 is 0 Å². The van der Waals surface area contributed by atoms with Gasteiger partial charge in [-0.1, -0.05) is 121 Å². The predicted octanol–water partition coefficient (Wildman–Crippen LogP) is 26.3. The van der Waals surface area contributed by atoms with Gasteiger partial charge in [-0.3, -0.25) is 43.3 Å². The Balaban J connectivity index is 0.000000125. The number of carbonyl (C=O) groups is 9. The van der Waals surface area contributed by atoms with Gasteiger partial charge in [0, 0.05) is 170 Å². The van der Waals surface area contributed by atoms with E-state index in [2.05, 4.69) is 160 Å². The summed E-state index contributed by atoms with van der Waals surface area (Å²) in [6.07, 6.45) is 23.3. The minimum atomic E-state index is -0.361. The number of fused-ring (bicyclic) bond motifs is 8. The Labute approximate surface area is 880 Å². The summed E-state index contributed by atoms with van der Waals surface area (Å²) < 4.78 is 5.37. The number of nitrogens with one attached hydrogen (secondary N) is 5. The Bertz CT molecular complexity index is 7200. The summed E-state index contributed by atoms with van der Waals surface area (Å²) in [6.45, 7) is 16.9. The number of β-amino-alcohol motifs (C(OH)–C–C–N with tert-alkyl or cyclic N) is 1. The molecule has 22 heteroatoms. The molecule has 8 aliphatic rings. The topological polar surface area (TPSA) is 314 Å². The zero-order valence-corrected chi connectivity index (χ0v) is 88.4. The Kier molecular flexibility index (Phi) is 36.7. The Morgan fingerprint density at radius 3 is 1.08 bits per heavy atom. The summed E-state index contributed by atoms with van der Waals surface area (Å²) in [7, 11) is 2.13. The molecule has 7 fully saturated rings. The normalized spacial score (nSPS) is 20.2. The molecule has 0 spiro atoms. The Morgan fingerprint density at radius 1 is 0.353 bits per heavy atom. The first kappa shape index (κ1) is 109. The lowest BCUT2D eigenvalue weighted by molar-refractivity contribution is -0.118. The fraction of sp³-hybridized carbons (Fsp3) is 0.383. The van der Waals surface area contributed by atoms with E-state index in [1.165, 1.54) is 42.4 Å². The SMILES string of the molecule is CC(=O)CC1CCC(Nc2ccc3cc(C(C)=O)ccc3c2)CC1.CC(=O)c1ccc2cc(N(C)C3CCC(O)CC3)ccc2c1.CC(=O)c1ccc2cc(N3C4CCC3CC4)ccc2c1.CC(=O)c1ccc2cc(NC(C)C)ccc2c1.CC(=O)c1ccc2cc(NC3CCC(O)CC3)ccc2c1.CC(=O)c1ccc2cc(NC3CCOCC3)ccc2c1.O=C1c2cccc3c(NC4CCC(O)CC4)ccc(c23)C(=O)N1CCO. The smallest absolute Gasteiger partial charge is 0.261 e. The number of Topliss-reactive ketones (excluding diaryl/α,β-unsaturated/α-hetero) is 7. The minimum Gasteiger partial charge on any atom is -0.395 e. The van der Waals surface area contributed by atoms with Gasteiger partial charge in [-0.15, -0.1) is 0 Å². The van der Waals surface area contributed by atoms with E-state index >= 15 is 0 Å². The van der Waals surface area contributed by atoms with Gasteiger partial charge in [-0.25, -0.2) is 0 Å². The number of hydrogen-bond acceptors (Lipinski definition) is 21. The molecule has 4 aliphatic heterocycles. The van der Waals surface area contributed by atoms with E-state index in [0.29, 0.717) is 58.4 Å². The molecular weight excluding hydrogens is 1870 g/mol. The summed E-state index contributed by atoms with van der Waals surface area (Å²) in [4.78, 5) is 111. The van der Waals surface area contributed by atoms with Crippen molar-refractivity contribution < 1.29 is 68.3 Å². The van der Waals surface area contributed by atoms with Crippen molar-refractivity contribution in [3.05, 3.63) is 293 Å². The Morgan fingerprint density at radius 2 is 0.687 bits per heavy atom. The molecule has 14 aromatic rings. The largest absolute Gasteiger partial charge is 0.395 e. The lowest BCUT2D eigenvalue weighted by Gasteiger charge is -2.34. The molecular formula is C128H146N8O14. The average molecular weight is 2020 g/mol. The van der Waals surface area contributed by atoms with Crippen LogP contribution in [0.5, 0.6) is 0 Å². The maximum atomic E-state index is 12.7. The first-order valence-electron chi connectivity index (χ1n) is 54.0. The number of ether oxygens (including phenoxy) is 1. The van der Waals surface area contributed by atoms with Crippen LogP contribution in [0.15, 0.2) is 249 Å². The fourth-order valence-electron chi connectivity index (χ4n) is 22.5. The van der Waals surface area contributed by atoms with Crippen LogP contribution in [0.2, 0.25) is 0 Å². The molecule has 22 rings (SSSR count). The van der Waals surface area contributed by atoms with Gasteiger partial charge in [0.05, 0.1) is 31.5 Å². The number of rotatable bonds is 23. The van der Waals surface area contributed by atoms with Gasteiger partial charge in [0.1, 0.15) is 5.78 Å². The summed E-state index contributed by atoms with van der Waals surface area (Å²) in [5.41, 5.74) is 13.5. The standard InChI is InChI=1S/C21H25NO2.C20H22N2O4.C19H23NO2.C18H21NO2.C18H19NO.C17H19NO2.C15H17NO/c1-14(23)11-16-3-8-20(9-4-16)22-21-10-7-18-12-17(15(2)24)5-6-19(18)13-21;23-11-10-22-19(25)15-3-1-2-14-17(9-8-16(18(14)15)20(22)26)21-12-4-6-13(24)7-5-12;1-13(21)14-3-4-16-12-18(6-5-15(16)11-14)20(2)17-7-9-19(22)10-8-17;1-12(20)13-2-3-15-11-17(5-4-14(15)10-13)19-16-6-8-18(21)9-7-16;1-12(20)13-2-3-15-11-18(5-4-14(15)10-13)19-16-6-7-17(19)9-8-16;1-12(19)13-2-3-15-11-17(5-4-14(15)10-13)18-16-6-8-20-9-7-16;1-10(2)16-15-7-6-13-8-12(11(3)17)4-5-14(13)9-15/h5-7,10,12-13,16,20,22H,3-4,8-9,11H2,1-2H3;1-3,8-9,12-13,21,23-24H,4-7,10-11H2;3-6,11-12,17,19,22H,7-10H2,1-2H3;2-5,10-11,16,18-19,21H,6-9H2,1H3;2-5,10-11,16-17H,6-9H2,1H3;2-5,10-11,16,18H,6-9H2,1H3;4-10,16H,1-3H3. The van der Waals surface area contributed by atoms with Crippen molar-refractivity contribution >= 4 is 168 Å². The molecule has 0 unspecified atom stereocenters. The number of benzene rings is 14. The molecule has 2 amide bonds. The molecule has 4 saturated carbocycles. The third-order valence-corrected chi connectivity index (χ3v) is 31.1. The van der Waals surface area contributed by atoms with E-state index in [9.17, 15) is 58.5 Å². The van der Waals surface area contributed by atoms with E-state index < -0.39 is 0 Å². The maximum absolute atomic E-state index is 12.7. The zero-order chi connectivity index (χ0) is 106. The van der Waals surface area contributed by atoms with Gasteiger partial charge in [0.25, 0.3) is 11.8 Å². The van der Waals surface area contributed by atoms with Crippen LogP contribution < -0.4 is 36.4 Å². The van der Waals surface area contributed by atoms with E-state index in [-0.39, 0.29) is 84.0 Å². The van der Waals surface area contributed by atoms with E-state index in [1.807, 2.05) is 133 Å². The summed E-state index contributed by atoms with van der Waals surface area (Å²) in [5, 5.41) is 70.9. The van der Waals surface area contributed by atoms with Crippen LogP contribution in [0, 0.1) is 5.92 Å². The van der Waals surface area contributed by atoms with Gasteiger partial charge in [0.2, 0.25) is 0 Å². The molecule has 150 heavy (non-hydrogen) atoms. The second kappa shape index (κ2) is 50.6. The number of aliphatic hydroxyl groups is 4. The highest BCUT2D eigenvalue weighted by atomic mass is 16.5. The summed E-state index contributed by atoms with van der Waals surface area (Å²) in [6, 6.07) is 86.7. The summed E-state index contributed by atoms with van der Waals surface area (Å²) in [5.74, 6) is 0.805. The molecule has 0 aromatic heterocycles. The Hall–Kier alpha value is -13.9. The van der Waals surface area contributed by atoms with Crippen molar-refractivity contribution in [2.45, 2.75) is 277 Å². The molecule has 782 valence electrons. The van der Waals surface area contributed by atoms with Crippen LogP contribution in [0.1, 0.15) is 293 Å². The van der Waals surface area contributed by atoms with Gasteiger partial charge < -0.3 is 66.3 Å². The van der Waals surface area contributed by atoms with E-state index in [0.717, 1.165) is 279 Å². The molecule has 3 saturated heterocycles. The van der Waals surface area contributed by atoms with Crippen LogP contribution in [0.4, 0.5) is 39.8 Å². The van der Waals surface area contributed by atoms with Crippen LogP contribution in [0.25, 0.3) is 75.4 Å². The molecule has 4 aliphatic carbocycles. The monoisotopic (exact) mass is 2020 g/mol. The van der Waals surface area contributed by atoms with Gasteiger partial charge in [0.15, 0.2) is 34.7 Å². The molecule has 2 bridgehead atoms. The number of carbonyl (C=O) groups excluding carboxylic acids is 9. The highest BCUT2D eigenvalue weighted by Gasteiger charge is 2.40. The number of nitrogens with zero attached hydrogens (tertiary/aromatic N) is 3. The van der Waals surface area contributed by atoms with Crippen molar-refractivity contribution in [1.82, 2.24) is 4.90 Å². The quantitative estimate of drug-likeness (QED) is 0.0212. The number of hydrogen-bond donors (Lipinski definition) is 9. The molecule has 0 atom stereocenters. The third-order valence-electron chi connectivity index (χ3n) is 31.1. The molecule has 0 radical (unpaired) electrons. The van der Waals surface area contributed by atoms with Crippen molar-refractivity contribution in [2.24, 2.45) is 5.92 Å². The summed E-state index contributed by atoms with van der Waals surface area (Å²) >= 11 is 0. The third kappa shape index (κ3) is 28.2. The van der Waals surface area contributed by atoms with E-state index in [4.69, 9.17) is 9.84 Å². The van der Waals surface area contributed by atoms with Gasteiger partial charge in [-0.05, 0) is 402 Å². The van der Waals surface area contributed by atoms with Crippen molar-refractivity contribution in [2.75, 3.05) is 69.8 Å². The molecule has 22 nitrogen and oxygen atoms in total. The number of imide groups is 1. The first-order valence-corrected chi connectivity index (χ1v) is 54.0. The first-order chi connectivity index (χ1) is 72.3. The average Bonchev–Trinajstić information content (AvgIpc) is 0.755. The number of amides is 2. The number of anilines is 7. The van der Waals surface area contributed by atoms with Crippen LogP contribution in [-0.2, 0) is 9.53 Å². The maximum Gasteiger partial charge on any atom is 0.261 e. The van der Waals surface area contributed by atoms with Crippen molar-refractivity contribution in [1.29, 1.82) is 0 Å². The zero-order valence-electron chi connectivity index (χ0n) is 88.4. The minimum absolute atomic E-state index is 0.00209. The van der Waals surface area contributed by atoms with Crippen LogP contribution >= 0.6 is 0 Å². The molecule has 4 heterocycles. The number of ketones is 7. The number of aliphatic hydroxyl groups excluding tert-OH is 4. The van der Waals surface area contributed by atoms with E-state index in [1.54, 1.807) is 60.6 Å². The fourth-order valence-corrected chi connectivity index (χ4v) is 22.5. The molecule has 14 aromatic carbocycles. The van der Waals surface area contributed by atoms with Gasteiger partial charge in [-0.2, -0.15) is 0 Å². The highest BCUT2D eigenvalue weighted by molar-refractivity contribution is 6.27. The van der Waals surface area contributed by atoms with Crippen molar-refractivity contribution in [3.8, 4) is 0 Å². The predicted molar refractivity (Wildman–Crippen MR) is 610 cm³/mol. The highest BCUT2D eigenvalue weighted by Crippen LogP contribution is 2.44. The van der Waals surface area contributed by atoms with Crippen LogP contribution in [0.3, 0.4) is 0 Å². The second-order valence-corrected chi connectivity index (χ2v) is 42.7. The van der Waals surface area contributed by atoms with Crippen LogP contribution in [-0.4, -0.2) is 178 Å².